The van der Waals surface area contributed by atoms with E-state index in [1.165, 1.54) is 11.6 Å². The van der Waals surface area contributed by atoms with Crippen LogP contribution in [-0.4, -0.2) is 16.2 Å². The highest BCUT2D eigenvalue weighted by Gasteiger charge is 2.12. The average Bonchev–Trinajstić information content (AvgIpc) is 2.48. The van der Waals surface area contributed by atoms with E-state index in [-0.39, 0.29) is 18.1 Å². The molecule has 2 aromatic rings. The van der Waals surface area contributed by atoms with E-state index in [1.54, 1.807) is 19.2 Å². The lowest BCUT2D eigenvalue weighted by Gasteiger charge is -2.13. The number of hydrogen-bond acceptors (Lipinski definition) is 5. The SMILES string of the molecule is COc1ccc(Cn2c(N)c(N)c(=O)n(C)c2=O)cc1. The minimum Gasteiger partial charge on any atom is -0.497 e. The van der Waals surface area contributed by atoms with Crippen molar-refractivity contribution in [1.29, 1.82) is 0 Å². The van der Waals surface area contributed by atoms with Crippen molar-refractivity contribution in [3.8, 4) is 5.75 Å². The second-order valence-corrected chi connectivity index (χ2v) is 4.38. The lowest BCUT2D eigenvalue weighted by atomic mass is 10.2. The standard InChI is InChI=1S/C13H16N4O3/c1-16-12(18)10(14)11(15)17(13(16)19)7-8-3-5-9(20-2)6-4-8/h3-6H,7,14-15H2,1-2H3. The largest absolute Gasteiger partial charge is 0.497 e. The van der Waals surface area contributed by atoms with Crippen LogP contribution in [0, 0.1) is 0 Å². The van der Waals surface area contributed by atoms with E-state index in [9.17, 15) is 9.59 Å². The van der Waals surface area contributed by atoms with E-state index < -0.39 is 11.2 Å². The molecule has 0 fully saturated rings. The van der Waals surface area contributed by atoms with E-state index in [2.05, 4.69) is 0 Å². The van der Waals surface area contributed by atoms with Crippen LogP contribution < -0.4 is 27.5 Å². The van der Waals surface area contributed by atoms with Crippen molar-refractivity contribution < 1.29 is 4.74 Å². The van der Waals surface area contributed by atoms with Crippen LogP contribution in [0.15, 0.2) is 33.9 Å². The number of aromatic nitrogens is 2. The van der Waals surface area contributed by atoms with Gasteiger partial charge in [-0.25, -0.2) is 4.79 Å². The van der Waals surface area contributed by atoms with Crippen LogP contribution in [0.5, 0.6) is 5.75 Å². The molecule has 7 heteroatoms. The van der Waals surface area contributed by atoms with Gasteiger partial charge in [0.1, 0.15) is 17.3 Å². The van der Waals surface area contributed by atoms with Crippen LogP contribution in [0.4, 0.5) is 11.5 Å². The van der Waals surface area contributed by atoms with Crippen molar-refractivity contribution in [3.05, 3.63) is 50.7 Å². The normalized spacial score (nSPS) is 10.5. The van der Waals surface area contributed by atoms with Gasteiger partial charge < -0.3 is 16.2 Å². The summed E-state index contributed by atoms with van der Waals surface area (Å²) in [6, 6.07) is 7.18. The summed E-state index contributed by atoms with van der Waals surface area (Å²) in [5.41, 5.74) is 11.0. The summed E-state index contributed by atoms with van der Waals surface area (Å²) < 4.78 is 7.26. The second kappa shape index (κ2) is 5.12. The van der Waals surface area contributed by atoms with Gasteiger partial charge in [-0.3, -0.25) is 13.9 Å². The van der Waals surface area contributed by atoms with Crippen molar-refractivity contribution in [2.24, 2.45) is 7.05 Å². The van der Waals surface area contributed by atoms with Gasteiger partial charge in [0.25, 0.3) is 5.56 Å². The highest BCUT2D eigenvalue weighted by molar-refractivity contribution is 5.56. The first kappa shape index (κ1) is 13.7. The molecule has 2 rings (SSSR count). The molecule has 0 aliphatic heterocycles. The molecule has 0 atom stereocenters. The maximum absolute atomic E-state index is 12.1. The first-order valence-electron chi connectivity index (χ1n) is 5.93. The van der Waals surface area contributed by atoms with Crippen LogP contribution in [-0.2, 0) is 13.6 Å². The van der Waals surface area contributed by atoms with Gasteiger partial charge in [0.15, 0.2) is 0 Å². The minimum absolute atomic E-state index is 0.0195. The van der Waals surface area contributed by atoms with E-state index in [0.29, 0.717) is 5.75 Å². The van der Waals surface area contributed by atoms with Gasteiger partial charge in [0.2, 0.25) is 0 Å². The van der Waals surface area contributed by atoms with Crippen molar-refractivity contribution in [2.45, 2.75) is 6.54 Å². The average molecular weight is 276 g/mol. The Morgan fingerprint density at radius 3 is 2.30 bits per heavy atom. The van der Waals surface area contributed by atoms with Gasteiger partial charge in [-0.1, -0.05) is 12.1 Å². The number of methoxy groups -OCH3 is 1. The van der Waals surface area contributed by atoms with E-state index >= 15 is 0 Å². The molecule has 0 unspecified atom stereocenters. The van der Waals surface area contributed by atoms with Crippen LogP contribution in [0.25, 0.3) is 0 Å². The number of nitrogens with two attached hydrogens (primary N) is 2. The molecule has 0 spiro atoms. The smallest absolute Gasteiger partial charge is 0.332 e. The summed E-state index contributed by atoms with van der Waals surface area (Å²) in [5.74, 6) is 0.697. The summed E-state index contributed by atoms with van der Waals surface area (Å²) in [5, 5.41) is 0. The Bertz CT molecular complexity index is 744. The molecule has 0 radical (unpaired) electrons. The fourth-order valence-electron chi connectivity index (χ4n) is 1.87. The maximum atomic E-state index is 12.1. The molecule has 106 valence electrons. The van der Waals surface area contributed by atoms with Gasteiger partial charge >= 0.3 is 5.69 Å². The zero-order valence-electron chi connectivity index (χ0n) is 11.3. The number of rotatable bonds is 3. The molecule has 0 aliphatic carbocycles. The van der Waals surface area contributed by atoms with Crippen LogP contribution in [0.3, 0.4) is 0 Å². The Kier molecular flexibility index (Phi) is 3.51. The Morgan fingerprint density at radius 1 is 1.15 bits per heavy atom. The molecule has 0 bridgehead atoms. The molecule has 7 nitrogen and oxygen atoms in total. The third-order valence-corrected chi connectivity index (χ3v) is 3.12. The number of ether oxygens (including phenoxy) is 1. The number of hydrogen-bond donors (Lipinski definition) is 2. The summed E-state index contributed by atoms with van der Waals surface area (Å²) in [4.78, 5) is 23.7. The van der Waals surface area contributed by atoms with Crippen LogP contribution in [0.2, 0.25) is 0 Å². The Hall–Kier alpha value is -2.70. The molecular weight excluding hydrogens is 260 g/mol. The fourth-order valence-corrected chi connectivity index (χ4v) is 1.87. The fraction of sp³-hybridized carbons (Fsp3) is 0.231. The van der Waals surface area contributed by atoms with Crippen molar-refractivity contribution >= 4 is 11.5 Å². The van der Waals surface area contributed by atoms with Crippen molar-refractivity contribution in [3.63, 3.8) is 0 Å². The third-order valence-electron chi connectivity index (χ3n) is 3.12. The molecule has 0 amide bonds. The number of anilines is 2. The van der Waals surface area contributed by atoms with E-state index in [1.807, 2.05) is 12.1 Å². The first-order valence-corrected chi connectivity index (χ1v) is 5.93. The molecule has 4 N–H and O–H groups in total. The lowest BCUT2D eigenvalue weighted by molar-refractivity contribution is 0.414. The molecule has 1 aromatic heterocycles. The van der Waals surface area contributed by atoms with E-state index in [4.69, 9.17) is 16.2 Å². The van der Waals surface area contributed by atoms with Gasteiger partial charge in [-0.05, 0) is 17.7 Å². The van der Waals surface area contributed by atoms with Gasteiger partial charge in [0, 0.05) is 7.05 Å². The van der Waals surface area contributed by atoms with E-state index in [0.717, 1.165) is 10.1 Å². The third kappa shape index (κ3) is 2.25. The Labute approximate surface area is 115 Å². The number of benzene rings is 1. The number of nitrogen functional groups attached to an aromatic ring is 2. The molecule has 1 heterocycles. The zero-order chi connectivity index (χ0) is 14.9. The monoisotopic (exact) mass is 276 g/mol. The predicted molar refractivity (Wildman–Crippen MR) is 76.9 cm³/mol. The summed E-state index contributed by atoms with van der Waals surface area (Å²) in [6.45, 7) is 0.229. The molecule has 0 aliphatic rings. The molecular formula is C13H16N4O3. The summed E-state index contributed by atoms with van der Waals surface area (Å²) >= 11 is 0. The lowest BCUT2D eigenvalue weighted by Crippen LogP contribution is -2.40. The molecule has 0 saturated carbocycles. The Balaban J connectivity index is 2.48. The minimum atomic E-state index is -0.585. The first-order chi connectivity index (χ1) is 9.45. The highest BCUT2D eigenvalue weighted by atomic mass is 16.5. The van der Waals surface area contributed by atoms with Gasteiger partial charge in [0.05, 0.1) is 13.7 Å². The quantitative estimate of drug-likeness (QED) is 0.805. The molecule has 0 saturated heterocycles. The van der Waals surface area contributed by atoms with Crippen LogP contribution >= 0.6 is 0 Å². The topological polar surface area (TPSA) is 105 Å². The summed E-state index contributed by atoms with van der Waals surface area (Å²) in [7, 11) is 2.94. The zero-order valence-corrected chi connectivity index (χ0v) is 11.3. The van der Waals surface area contributed by atoms with Crippen molar-refractivity contribution in [1.82, 2.24) is 9.13 Å². The molecule has 20 heavy (non-hydrogen) atoms. The van der Waals surface area contributed by atoms with Crippen molar-refractivity contribution in [2.75, 3.05) is 18.6 Å². The second-order valence-electron chi connectivity index (χ2n) is 4.38. The van der Waals surface area contributed by atoms with Crippen LogP contribution in [0.1, 0.15) is 5.56 Å². The summed E-state index contributed by atoms with van der Waals surface area (Å²) in [6.07, 6.45) is 0. The van der Waals surface area contributed by atoms with Gasteiger partial charge in [-0.2, -0.15) is 0 Å². The predicted octanol–water partition coefficient (Wildman–Crippen LogP) is -0.232. The maximum Gasteiger partial charge on any atom is 0.332 e. The molecule has 1 aromatic carbocycles. The Morgan fingerprint density at radius 2 is 1.75 bits per heavy atom. The van der Waals surface area contributed by atoms with Gasteiger partial charge in [-0.15, -0.1) is 0 Å². The number of nitrogens with zero attached hydrogens (tertiary/aromatic N) is 2. The highest BCUT2D eigenvalue weighted by Crippen LogP contribution is 2.14.